The Bertz CT molecular complexity index is 810. The van der Waals surface area contributed by atoms with Crippen molar-refractivity contribution < 1.29 is 19.1 Å². The van der Waals surface area contributed by atoms with Gasteiger partial charge in [-0.25, -0.2) is 0 Å². The average molecular weight is 392 g/mol. The minimum atomic E-state index is -0.497. The van der Waals surface area contributed by atoms with E-state index in [-0.39, 0.29) is 11.5 Å². The number of esters is 1. The fourth-order valence-electron chi connectivity index (χ4n) is 2.13. The number of carbonyl (C=O) groups is 3. The van der Waals surface area contributed by atoms with E-state index in [0.29, 0.717) is 22.0 Å². The average Bonchev–Trinajstić information content (AvgIpc) is 2.62. The molecule has 0 aromatic heterocycles. The van der Waals surface area contributed by atoms with Crippen LogP contribution in [0.25, 0.3) is 0 Å². The number of rotatable bonds is 8. The van der Waals surface area contributed by atoms with Crippen molar-refractivity contribution >= 4 is 46.7 Å². The van der Waals surface area contributed by atoms with Crippen LogP contribution in [0.1, 0.15) is 22.8 Å². The molecule has 5 nitrogen and oxygen atoms in total. The van der Waals surface area contributed by atoms with Gasteiger partial charge in [0.05, 0.1) is 11.4 Å². The van der Waals surface area contributed by atoms with Crippen LogP contribution in [0.2, 0.25) is 5.02 Å². The summed E-state index contributed by atoms with van der Waals surface area (Å²) in [7, 11) is 0. The highest BCUT2D eigenvalue weighted by molar-refractivity contribution is 7.99. The van der Waals surface area contributed by atoms with Crippen LogP contribution in [0.15, 0.2) is 48.5 Å². The lowest BCUT2D eigenvalue weighted by atomic mass is 10.1. The molecule has 136 valence electrons. The number of ketones is 1. The van der Waals surface area contributed by atoms with Gasteiger partial charge >= 0.3 is 5.97 Å². The summed E-state index contributed by atoms with van der Waals surface area (Å²) in [6, 6.07) is 14.1. The number of benzene rings is 2. The van der Waals surface area contributed by atoms with Gasteiger partial charge in [0.1, 0.15) is 0 Å². The lowest BCUT2D eigenvalue weighted by molar-refractivity contribution is -0.144. The highest BCUT2D eigenvalue weighted by Crippen LogP contribution is 2.20. The van der Waals surface area contributed by atoms with Gasteiger partial charge in [-0.2, -0.15) is 0 Å². The van der Waals surface area contributed by atoms with Crippen LogP contribution >= 0.6 is 23.4 Å². The molecule has 0 spiro atoms. The van der Waals surface area contributed by atoms with E-state index in [2.05, 4.69) is 5.32 Å². The zero-order valence-electron chi connectivity index (χ0n) is 14.2. The summed E-state index contributed by atoms with van der Waals surface area (Å²) in [5, 5.41) is 3.23. The van der Waals surface area contributed by atoms with Crippen LogP contribution in [0.4, 0.5) is 5.69 Å². The van der Waals surface area contributed by atoms with Crippen LogP contribution in [-0.4, -0.2) is 30.0 Å². The monoisotopic (exact) mass is 391 g/mol. The predicted octanol–water partition coefficient (Wildman–Crippen LogP) is 3.96. The molecule has 26 heavy (non-hydrogen) atoms. The Morgan fingerprint density at radius 1 is 1.08 bits per heavy atom. The Morgan fingerprint density at radius 2 is 1.77 bits per heavy atom. The summed E-state index contributed by atoms with van der Waals surface area (Å²) in [4.78, 5) is 35.2. The van der Waals surface area contributed by atoms with Gasteiger partial charge in [-0.05, 0) is 30.7 Å². The van der Waals surface area contributed by atoms with Crippen molar-refractivity contribution in [2.45, 2.75) is 12.7 Å². The third kappa shape index (κ3) is 6.20. The Labute approximate surface area is 161 Å². The number of para-hydroxylation sites is 1. The first-order chi connectivity index (χ1) is 12.5. The number of anilines is 1. The number of nitrogens with one attached hydrogen (secondary N) is 1. The number of carbonyl (C=O) groups excluding carboxylic acids is 3. The first-order valence-electron chi connectivity index (χ1n) is 7.84. The second-order valence-electron chi connectivity index (χ2n) is 5.39. The summed E-state index contributed by atoms with van der Waals surface area (Å²) in [6.07, 6.45) is 0. The fraction of sp³-hybridized carbons (Fsp3) is 0.211. The minimum Gasteiger partial charge on any atom is -0.455 e. The maximum absolute atomic E-state index is 11.9. The predicted molar refractivity (Wildman–Crippen MR) is 104 cm³/mol. The van der Waals surface area contributed by atoms with Gasteiger partial charge in [0.2, 0.25) is 0 Å². The highest BCUT2D eigenvalue weighted by Gasteiger charge is 2.12. The van der Waals surface area contributed by atoms with Gasteiger partial charge in [-0.1, -0.05) is 41.9 Å². The summed E-state index contributed by atoms with van der Waals surface area (Å²) >= 11 is 7.40. The Morgan fingerprint density at radius 3 is 2.50 bits per heavy atom. The third-order valence-electron chi connectivity index (χ3n) is 3.38. The van der Waals surface area contributed by atoms with Gasteiger partial charge in [-0.3, -0.25) is 14.4 Å². The molecule has 0 unspecified atom stereocenters. The second kappa shape index (κ2) is 9.99. The summed E-state index contributed by atoms with van der Waals surface area (Å²) in [5.41, 5.74) is 1.74. The second-order valence-corrected chi connectivity index (χ2v) is 6.79. The molecule has 0 saturated heterocycles. The molecule has 0 heterocycles. The maximum Gasteiger partial charge on any atom is 0.316 e. The molecule has 0 aliphatic heterocycles. The van der Waals surface area contributed by atoms with E-state index in [4.69, 9.17) is 16.3 Å². The molecule has 1 N–H and O–H groups in total. The Kier molecular flexibility index (Phi) is 7.69. The molecule has 1 amide bonds. The topological polar surface area (TPSA) is 72.5 Å². The number of amides is 1. The molecular weight excluding hydrogens is 374 g/mol. The van der Waals surface area contributed by atoms with E-state index >= 15 is 0 Å². The van der Waals surface area contributed by atoms with Crippen LogP contribution in [0.5, 0.6) is 0 Å². The fourth-order valence-corrected chi connectivity index (χ4v) is 3.24. The quantitative estimate of drug-likeness (QED) is 0.544. The van der Waals surface area contributed by atoms with E-state index < -0.39 is 18.5 Å². The standard InChI is InChI=1S/C19H18ClNO4S/c1-13(22)15-7-3-5-9-17(15)21-18(23)10-25-19(24)12-26-11-14-6-2-4-8-16(14)20/h2-9H,10-12H2,1H3,(H,21,23). The van der Waals surface area contributed by atoms with E-state index in [0.717, 1.165) is 5.56 Å². The molecular formula is C19H18ClNO4S. The lowest BCUT2D eigenvalue weighted by Crippen LogP contribution is -2.22. The first-order valence-corrected chi connectivity index (χ1v) is 9.37. The molecule has 7 heteroatoms. The van der Waals surface area contributed by atoms with Crippen LogP contribution < -0.4 is 5.32 Å². The summed E-state index contributed by atoms with van der Waals surface area (Å²) < 4.78 is 4.95. The summed E-state index contributed by atoms with van der Waals surface area (Å²) in [6.45, 7) is 1.01. The molecule has 0 fully saturated rings. The van der Waals surface area contributed by atoms with Crippen molar-refractivity contribution in [2.75, 3.05) is 17.7 Å². The smallest absolute Gasteiger partial charge is 0.316 e. The third-order valence-corrected chi connectivity index (χ3v) is 4.70. The number of hydrogen-bond donors (Lipinski definition) is 1. The molecule has 0 atom stereocenters. The zero-order chi connectivity index (χ0) is 18.9. The number of Topliss-reactive ketones (excluding diaryl/α,β-unsaturated/α-hetero) is 1. The Hall–Kier alpha value is -2.31. The first kappa shape index (κ1) is 20.0. The van der Waals surface area contributed by atoms with Crippen molar-refractivity contribution in [2.24, 2.45) is 0 Å². The number of thioether (sulfide) groups is 1. The lowest BCUT2D eigenvalue weighted by Gasteiger charge is -2.09. The van der Waals surface area contributed by atoms with Gasteiger partial charge < -0.3 is 10.1 Å². The number of ether oxygens (including phenoxy) is 1. The van der Waals surface area contributed by atoms with Gasteiger partial charge in [0, 0.05) is 16.3 Å². The van der Waals surface area contributed by atoms with E-state index in [9.17, 15) is 14.4 Å². The van der Waals surface area contributed by atoms with E-state index in [1.54, 1.807) is 30.3 Å². The zero-order valence-corrected chi connectivity index (χ0v) is 15.7. The van der Waals surface area contributed by atoms with Crippen molar-refractivity contribution in [3.63, 3.8) is 0 Å². The van der Waals surface area contributed by atoms with Crippen LogP contribution in [0, 0.1) is 0 Å². The summed E-state index contributed by atoms with van der Waals surface area (Å²) in [5.74, 6) is -0.454. The molecule has 2 aromatic carbocycles. The molecule has 0 aliphatic carbocycles. The molecule has 2 rings (SSSR count). The van der Waals surface area contributed by atoms with Crippen LogP contribution in [0.3, 0.4) is 0 Å². The van der Waals surface area contributed by atoms with Crippen molar-refractivity contribution in [3.05, 3.63) is 64.7 Å². The van der Waals surface area contributed by atoms with Crippen molar-refractivity contribution in [1.29, 1.82) is 0 Å². The molecule has 0 aliphatic rings. The Balaban J connectivity index is 1.74. The van der Waals surface area contributed by atoms with Gasteiger partial charge in [-0.15, -0.1) is 11.8 Å². The van der Waals surface area contributed by atoms with E-state index in [1.807, 2.05) is 18.2 Å². The van der Waals surface area contributed by atoms with Crippen molar-refractivity contribution in [3.8, 4) is 0 Å². The van der Waals surface area contributed by atoms with Gasteiger partial charge in [0.25, 0.3) is 5.91 Å². The molecule has 2 aromatic rings. The molecule has 0 saturated carbocycles. The largest absolute Gasteiger partial charge is 0.455 e. The normalized spacial score (nSPS) is 10.2. The van der Waals surface area contributed by atoms with E-state index in [1.165, 1.54) is 18.7 Å². The minimum absolute atomic E-state index is 0.114. The van der Waals surface area contributed by atoms with Gasteiger partial charge in [0.15, 0.2) is 12.4 Å². The van der Waals surface area contributed by atoms with Crippen molar-refractivity contribution in [1.82, 2.24) is 0 Å². The maximum atomic E-state index is 11.9. The number of hydrogen-bond acceptors (Lipinski definition) is 5. The SMILES string of the molecule is CC(=O)c1ccccc1NC(=O)COC(=O)CSCc1ccccc1Cl. The highest BCUT2D eigenvalue weighted by atomic mass is 35.5. The molecule has 0 bridgehead atoms. The molecule has 0 radical (unpaired) electrons. The number of halogens is 1. The van der Waals surface area contributed by atoms with Crippen LogP contribution in [-0.2, 0) is 20.1 Å².